The summed E-state index contributed by atoms with van der Waals surface area (Å²) >= 11 is 6.09. The summed E-state index contributed by atoms with van der Waals surface area (Å²) < 4.78 is 0. The van der Waals surface area contributed by atoms with E-state index in [-0.39, 0.29) is 5.91 Å². The second kappa shape index (κ2) is 8.61. The molecular formula is C23H24ClN3O. The average molecular weight is 394 g/mol. The number of aromatic nitrogens is 1. The summed E-state index contributed by atoms with van der Waals surface area (Å²) in [5.74, 6) is 0.266. The molecule has 1 saturated heterocycles. The number of rotatable bonds is 5. The number of aryl methyl sites for hydroxylation is 1. The van der Waals surface area contributed by atoms with Crippen LogP contribution in [0.4, 0.5) is 5.69 Å². The first-order valence-corrected chi connectivity index (χ1v) is 10.2. The van der Waals surface area contributed by atoms with E-state index >= 15 is 0 Å². The summed E-state index contributed by atoms with van der Waals surface area (Å²) in [5.41, 5.74) is 3.37. The van der Waals surface area contributed by atoms with E-state index in [1.807, 2.05) is 53.6 Å². The Morgan fingerprint density at radius 1 is 1.00 bits per heavy atom. The molecule has 2 aromatic carbocycles. The third-order valence-corrected chi connectivity index (χ3v) is 5.59. The van der Waals surface area contributed by atoms with Gasteiger partial charge in [-0.2, -0.15) is 0 Å². The molecule has 0 saturated carbocycles. The minimum atomic E-state index is 0.266. The summed E-state index contributed by atoms with van der Waals surface area (Å²) in [4.78, 5) is 21.3. The Morgan fingerprint density at radius 3 is 2.57 bits per heavy atom. The first kappa shape index (κ1) is 18.8. The first-order valence-electron chi connectivity index (χ1n) is 9.81. The van der Waals surface area contributed by atoms with Crippen LogP contribution in [0.1, 0.15) is 18.4 Å². The zero-order valence-corrected chi connectivity index (χ0v) is 16.6. The van der Waals surface area contributed by atoms with Crippen molar-refractivity contribution < 1.29 is 4.79 Å². The van der Waals surface area contributed by atoms with Crippen molar-refractivity contribution >= 4 is 34.1 Å². The second-order valence-electron chi connectivity index (χ2n) is 7.20. The van der Waals surface area contributed by atoms with Crippen LogP contribution in [0.2, 0.25) is 5.02 Å². The molecule has 1 amide bonds. The van der Waals surface area contributed by atoms with Gasteiger partial charge >= 0.3 is 0 Å². The molecule has 0 spiro atoms. The van der Waals surface area contributed by atoms with Crippen LogP contribution < -0.4 is 4.90 Å². The van der Waals surface area contributed by atoms with Gasteiger partial charge in [0.25, 0.3) is 0 Å². The number of carbonyl (C=O) groups is 1. The average Bonchev–Trinajstić information content (AvgIpc) is 2.74. The van der Waals surface area contributed by atoms with Gasteiger partial charge in [0.15, 0.2) is 0 Å². The standard InChI is InChI=1S/C23H24ClN3O/c24-19-9-10-20-21(17-19)25-12-11-22(20)26-13-15-27(16-14-26)23(28)8-4-7-18-5-2-1-3-6-18/h1-3,5-6,9-12,17H,4,7-8,13-16H2. The van der Waals surface area contributed by atoms with E-state index in [4.69, 9.17) is 11.6 Å². The van der Waals surface area contributed by atoms with Crippen LogP contribution >= 0.6 is 11.6 Å². The smallest absolute Gasteiger partial charge is 0.222 e. The van der Waals surface area contributed by atoms with E-state index in [9.17, 15) is 4.79 Å². The minimum Gasteiger partial charge on any atom is -0.367 e. The number of benzene rings is 2. The second-order valence-corrected chi connectivity index (χ2v) is 7.63. The van der Waals surface area contributed by atoms with Crippen molar-refractivity contribution in [3.05, 3.63) is 71.4 Å². The van der Waals surface area contributed by atoms with Crippen LogP contribution in [-0.2, 0) is 11.2 Å². The third-order valence-electron chi connectivity index (χ3n) is 5.35. The number of hydrogen-bond acceptors (Lipinski definition) is 3. The molecule has 4 nitrogen and oxygen atoms in total. The molecule has 0 aliphatic carbocycles. The van der Waals surface area contributed by atoms with E-state index in [1.54, 1.807) is 0 Å². The van der Waals surface area contributed by atoms with Gasteiger partial charge in [0, 0.05) is 54.9 Å². The lowest BCUT2D eigenvalue weighted by molar-refractivity contribution is -0.131. The van der Waals surface area contributed by atoms with Gasteiger partial charge in [0.05, 0.1) is 5.52 Å². The Morgan fingerprint density at radius 2 is 1.79 bits per heavy atom. The van der Waals surface area contributed by atoms with Crippen molar-refractivity contribution in [2.24, 2.45) is 0 Å². The Bertz CT molecular complexity index is 952. The van der Waals surface area contributed by atoms with E-state index in [1.165, 1.54) is 5.56 Å². The monoisotopic (exact) mass is 393 g/mol. The highest BCUT2D eigenvalue weighted by Gasteiger charge is 2.22. The van der Waals surface area contributed by atoms with E-state index in [2.05, 4.69) is 22.0 Å². The predicted octanol–water partition coefficient (Wildman–Crippen LogP) is 4.56. The normalized spacial score (nSPS) is 14.5. The molecule has 28 heavy (non-hydrogen) atoms. The number of nitrogens with zero attached hydrogens (tertiary/aromatic N) is 3. The van der Waals surface area contributed by atoms with Crippen molar-refractivity contribution in [3.63, 3.8) is 0 Å². The molecule has 144 valence electrons. The molecule has 0 bridgehead atoms. The molecule has 3 aromatic rings. The number of piperazine rings is 1. The van der Waals surface area contributed by atoms with Gasteiger partial charge in [-0.15, -0.1) is 0 Å². The van der Waals surface area contributed by atoms with Crippen LogP contribution in [0.5, 0.6) is 0 Å². The quantitative estimate of drug-likeness (QED) is 0.637. The predicted molar refractivity (Wildman–Crippen MR) is 115 cm³/mol. The minimum absolute atomic E-state index is 0.266. The number of anilines is 1. The number of hydrogen-bond donors (Lipinski definition) is 0. The highest BCUT2D eigenvalue weighted by molar-refractivity contribution is 6.31. The summed E-state index contributed by atoms with van der Waals surface area (Å²) in [6.45, 7) is 3.21. The van der Waals surface area contributed by atoms with Crippen molar-refractivity contribution in [1.82, 2.24) is 9.88 Å². The molecule has 5 heteroatoms. The van der Waals surface area contributed by atoms with Crippen LogP contribution in [0.15, 0.2) is 60.8 Å². The highest BCUT2D eigenvalue weighted by Crippen LogP contribution is 2.28. The Kier molecular flexibility index (Phi) is 5.77. The zero-order valence-electron chi connectivity index (χ0n) is 15.9. The van der Waals surface area contributed by atoms with Crippen molar-refractivity contribution in [3.8, 4) is 0 Å². The summed E-state index contributed by atoms with van der Waals surface area (Å²) in [5, 5.41) is 1.80. The summed E-state index contributed by atoms with van der Waals surface area (Å²) in [6, 6.07) is 18.2. The van der Waals surface area contributed by atoms with Crippen LogP contribution in [0, 0.1) is 0 Å². The lowest BCUT2D eigenvalue weighted by Crippen LogP contribution is -2.48. The molecule has 2 heterocycles. The maximum atomic E-state index is 12.6. The van der Waals surface area contributed by atoms with Gasteiger partial charge in [-0.25, -0.2) is 0 Å². The molecular weight excluding hydrogens is 370 g/mol. The maximum absolute atomic E-state index is 12.6. The van der Waals surface area contributed by atoms with Gasteiger partial charge in [0.2, 0.25) is 5.91 Å². The number of fused-ring (bicyclic) bond motifs is 1. The van der Waals surface area contributed by atoms with E-state index in [0.29, 0.717) is 11.4 Å². The topological polar surface area (TPSA) is 36.4 Å². The van der Waals surface area contributed by atoms with Crippen molar-refractivity contribution in [2.75, 3.05) is 31.1 Å². The van der Waals surface area contributed by atoms with Crippen LogP contribution in [-0.4, -0.2) is 42.0 Å². The molecule has 1 aromatic heterocycles. The summed E-state index contributed by atoms with van der Waals surface area (Å²) in [7, 11) is 0. The highest BCUT2D eigenvalue weighted by atomic mass is 35.5. The lowest BCUT2D eigenvalue weighted by Gasteiger charge is -2.36. The molecule has 4 rings (SSSR count). The maximum Gasteiger partial charge on any atom is 0.222 e. The SMILES string of the molecule is O=C(CCCc1ccccc1)N1CCN(c2ccnc3cc(Cl)ccc23)CC1. The van der Waals surface area contributed by atoms with Gasteiger partial charge in [0.1, 0.15) is 0 Å². The number of amides is 1. The number of pyridine rings is 1. The summed E-state index contributed by atoms with van der Waals surface area (Å²) in [6.07, 6.45) is 4.30. The van der Waals surface area contributed by atoms with Gasteiger partial charge < -0.3 is 9.80 Å². The fraction of sp³-hybridized carbons (Fsp3) is 0.304. The van der Waals surface area contributed by atoms with E-state index in [0.717, 1.165) is 55.6 Å². The molecule has 1 aliphatic heterocycles. The largest absolute Gasteiger partial charge is 0.367 e. The Labute approximate surface area is 170 Å². The van der Waals surface area contributed by atoms with Crippen molar-refractivity contribution in [2.45, 2.75) is 19.3 Å². The van der Waals surface area contributed by atoms with E-state index < -0.39 is 0 Å². The Hall–Kier alpha value is -2.59. The molecule has 0 unspecified atom stereocenters. The molecule has 0 N–H and O–H groups in total. The van der Waals surface area contributed by atoms with Gasteiger partial charge in [-0.1, -0.05) is 41.9 Å². The first-order chi connectivity index (χ1) is 13.7. The molecule has 1 aliphatic rings. The molecule has 0 radical (unpaired) electrons. The molecule has 1 fully saturated rings. The third kappa shape index (κ3) is 4.28. The fourth-order valence-electron chi connectivity index (χ4n) is 3.83. The van der Waals surface area contributed by atoms with Gasteiger partial charge in [-0.05, 0) is 42.7 Å². The molecule has 0 atom stereocenters. The van der Waals surface area contributed by atoms with Crippen molar-refractivity contribution in [1.29, 1.82) is 0 Å². The number of halogens is 1. The Balaban J connectivity index is 1.33. The lowest BCUT2D eigenvalue weighted by atomic mass is 10.1. The number of carbonyl (C=O) groups excluding carboxylic acids is 1. The fourth-order valence-corrected chi connectivity index (χ4v) is 3.99. The van der Waals surface area contributed by atoms with Crippen LogP contribution in [0.25, 0.3) is 10.9 Å². The van der Waals surface area contributed by atoms with Gasteiger partial charge in [-0.3, -0.25) is 9.78 Å². The zero-order chi connectivity index (χ0) is 19.3. The van der Waals surface area contributed by atoms with Crippen LogP contribution in [0.3, 0.4) is 0 Å².